The van der Waals surface area contributed by atoms with Gasteiger partial charge >= 0.3 is 0 Å². The highest BCUT2D eigenvalue weighted by Crippen LogP contribution is 2.61. The summed E-state index contributed by atoms with van der Waals surface area (Å²) in [7, 11) is 0. The van der Waals surface area contributed by atoms with E-state index in [1.165, 1.54) is 28.4 Å². The van der Waals surface area contributed by atoms with Gasteiger partial charge in [-0.1, -0.05) is 91.0 Å². The van der Waals surface area contributed by atoms with E-state index in [1.54, 1.807) is 0 Å². The summed E-state index contributed by atoms with van der Waals surface area (Å²) >= 11 is 0. The summed E-state index contributed by atoms with van der Waals surface area (Å²) in [4.78, 5) is 0. The monoisotopic (exact) mass is 659 g/mol. The molecule has 244 valence electrons. The van der Waals surface area contributed by atoms with Crippen molar-refractivity contribution in [1.82, 2.24) is 9.88 Å². The average molecular weight is 660 g/mol. The summed E-state index contributed by atoms with van der Waals surface area (Å²) in [6.07, 6.45) is 7.37. The molecule has 0 fully saturated rings. The number of hydrogen-bond acceptors (Lipinski definition) is 4. The van der Waals surface area contributed by atoms with E-state index in [0.717, 1.165) is 79.7 Å². The lowest BCUT2D eigenvalue weighted by Crippen LogP contribution is -2.36. The van der Waals surface area contributed by atoms with Crippen molar-refractivity contribution in [3.8, 4) is 39.8 Å². The lowest BCUT2D eigenvalue weighted by Gasteiger charge is -2.45. The van der Waals surface area contributed by atoms with Crippen LogP contribution in [0.3, 0.4) is 0 Å². The Labute approximate surface area is 296 Å². The van der Waals surface area contributed by atoms with Crippen LogP contribution in [0, 0.1) is 5.41 Å². The molecule has 0 aliphatic carbocycles. The third kappa shape index (κ3) is 4.25. The minimum absolute atomic E-state index is 0.682. The van der Waals surface area contributed by atoms with E-state index >= 15 is 0 Å². The van der Waals surface area contributed by atoms with Gasteiger partial charge in [-0.15, -0.1) is 0 Å². The maximum absolute atomic E-state index is 7.55. The Hall–Kier alpha value is -6.59. The van der Waals surface area contributed by atoms with Crippen LogP contribution in [0.2, 0.25) is 0 Å². The number of aromatic nitrogens is 1. The van der Waals surface area contributed by atoms with Crippen LogP contribution >= 0.6 is 0 Å². The molecule has 5 nitrogen and oxygen atoms in total. The maximum atomic E-state index is 7.55. The van der Waals surface area contributed by atoms with Gasteiger partial charge in [-0.2, -0.15) is 0 Å². The molecule has 0 radical (unpaired) electrons. The Balaban J connectivity index is 1.21. The van der Waals surface area contributed by atoms with Crippen LogP contribution in [-0.4, -0.2) is 10.8 Å². The Kier molecular flexibility index (Phi) is 6.46. The molecule has 10 rings (SSSR count). The molecule has 0 bridgehead atoms. The fourth-order valence-corrected chi connectivity index (χ4v) is 8.41. The SMILES string of the molecule is C/C(=C\C=N)c1cccc(-c2ccc3c(c2)Oc2ccccc2C32c3ccccc3Oc3cc(-n4c5c(c6ccccc64)C=CNC5)ccc32)c1. The molecule has 1 unspecified atom stereocenters. The van der Waals surface area contributed by atoms with Crippen LogP contribution in [0.25, 0.3) is 39.4 Å². The Morgan fingerprint density at radius 3 is 2.14 bits per heavy atom. The van der Waals surface area contributed by atoms with Crippen LogP contribution in [-0.2, 0) is 12.0 Å². The molecule has 51 heavy (non-hydrogen) atoms. The van der Waals surface area contributed by atoms with Crippen molar-refractivity contribution in [2.24, 2.45) is 0 Å². The fraction of sp³-hybridized carbons (Fsp3) is 0.0652. The van der Waals surface area contributed by atoms with E-state index in [1.807, 2.05) is 31.3 Å². The summed E-state index contributed by atoms with van der Waals surface area (Å²) < 4.78 is 16.0. The van der Waals surface area contributed by atoms with Crippen molar-refractivity contribution in [3.63, 3.8) is 0 Å². The lowest BCUT2D eigenvalue weighted by atomic mass is 9.62. The molecule has 0 saturated heterocycles. The van der Waals surface area contributed by atoms with E-state index in [9.17, 15) is 0 Å². The number of benzene rings is 6. The van der Waals surface area contributed by atoms with Gasteiger partial charge < -0.3 is 24.8 Å². The topological polar surface area (TPSA) is 59.3 Å². The van der Waals surface area contributed by atoms with Crippen LogP contribution in [0.15, 0.2) is 146 Å². The van der Waals surface area contributed by atoms with Crippen LogP contribution in [0.1, 0.15) is 46.0 Å². The lowest BCUT2D eigenvalue weighted by molar-refractivity contribution is 0.399. The molecule has 2 N–H and O–H groups in total. The summed E-state index contributed by atoms with van der Waals surface area (Å²) in [6.45, 7) is 2.78. The normalized spacial score (nSPS) is 16.5. The average Bonchev–Trinajstić information content (AvgIpc) is 3.52. The molecule has 5 heteroatoms. The van der Waals surface area contributed by atoms with Gasteiger partial charge in [0.25, 0.3) is 0 Å². The van der Waals surface area contributed by atoms with Crippen molar-refractivity contribution >= 4 is 28.8 Å². The van der Waals surface area contributed by atoms with Gasteiger partial charge in [-0.05, 0) is 83.9 Å². The number of ether oxygens (including phenoxy) is 2. The minimum Gasteiger partial charge on any atom is -0.457 e. The molecule has 4 heterocycles. The Bertz CT molecular complexity index is 2630. The minimum atomic E-state index is -0.682. The quantitative estimate of drug-likeness (QED) is 0.185. The van der Waals surface area contributed by atoms with E-state index in [2.05, 4.69) is 137 Å². The third-order valence-corrected chi connectivity index (χ3v) is 10.7. The number of rotatable bonds is 4. The molecular weight excluding hydrogens is 627 g/mol. The molecule has 6 aromatic carbocycles. The van der Waals surface area contributed by atoms with Gasteiger partial charge in [0.15, 0.2) is 0 Å². The van der Waals surface area contributed by atoms with Gasteiger partial charge in [0, 0.05) is 51.2 Å². The van der Waals surface area contributed by atoms with Crippen molar-refractivity contribution in [2.75, 3.05) is 0 Å². The third-order valence-electron chi connectivity index (χ3n) is 10.7. The Morgan fingerprint density at radius 1 is 0.686 bits per heavy atom. The van der Waals surface area contributed by atoms with Gasteiger partial charge in [0.05, 0.1) is 23.2 Å². The van der Waals surface area contributed by atoms with Crippen molar-refractivity contribution in [3.05, 3.63) is 185 Å². The summed E-state index contributed by atoms with van der Waals surface area (Å²) in [5.41, 5.74) is 12.6. The highest BCUT2D eigenvalue weighted by molar-refractivity contribution is 5.93. The first-order valence-corrected chi connectivity index (χ1v) is 17.3. The van der Waals surface area contributed by atoms with E-state index in [-0.39, 0.29) is 0 Å². The van der Waals surface area contributed by atoms with Gasteiger partial charge in [-0.3, -0.25) is 0 Å². The molecule has 1 spiro atoms. The molecule has 7 aromatic rings. The largest absolute Gasteiger partial charge is 0.457 e. The second-order valence-corrected chi connectivity index (χ2v) is 13.4. The van der Waals surface area contributed by atoms with E-state index in [0.29, 0.717) is 0 Å². The van der Waals surface area contributed by atoms with Gasteiger partial charge in [0.2, 0.25) is 0 Å². The second-order valence-electron chi connectivity index (χ2n) is 13.4. The number of hydrogen-bond donors (Lipinski definition) is 2. The van der Waals surface area contributed by atoms with Crippen LogP contribution in [0.4, 0.5) is 0 Å². The second kappa shape index (κ2) is 11.2. The van der Waals surface area contributed by atoms with Gasteiger partial charge in [-0.25, -0.2) is 0 Å². The first-order valence-electron chi connectivity index (χ1n) is 17.3. The molecule has 1 aromatic heterocycles. The summed E-state index contributed by atoms with van der Waals surface area (Å²) in [5.74, 6) is 3.30. The van der Waals surface area contributed by atoms with Crippen molar-refractivity contribution in [2.45, 2.75) is 18.9 Å². The number of para-hydroxylation sites is 3. The number of nitrogens with zero attached hydrogens (tertiary/aromatic N) is 1. The summed E-state index contributed by atoms with van der Waals surface area (Å²) in [5, 5.41) is 12.2. The molecule has 1 atom stereocenters. The van der Waals surface area contributed by atoms with Crippen molar-refractivity contribution < 1.29 is 9.47 Å². The maximum Gasteiger partial charge on any atom is 0.134 e. The molecule has 0 saturated carbocycles. The van der Waals surface area contributed by atoms with E-state index < -0.39 is 5.41 Å². The molecular formula is C46H33N3O2. The number of fused-ring (bicyclic) bond motifs is 11. The fourth-order valence-electron chi connectivity index (χ4n) is 8.41. The number of nitrogens with one attached hydrogen (secondary N) is 2. The van der Waals surface area contributed by atoms with Crippen molar-refractivity contribution in [1.29, 1.82) is 5.41 Å². The molecule has 0 amide bonds. The zero-order valence-electron chi connectivity index (χ0n) is 28.0. The van der Waals surface area contributed by atoms with Crippen LogP contribution < -0.4 is 14.8 Å². The predicted octanol–water partition coefficient (Wildman–Crippen LogP) is 11.0. The first kappa shape index (κ1) is 29.3. The molecule has 3 aliphatic heterocycles. The van der Waals surface area contributed by atoms with E-state index in [4.69, 9.17) is 14.9 Å². The number of allylic oxidation sites excluding steroid dienone is 2. The highest BCUT2D eigenvalue weighted by atomic mass is 16.5. The smallest absolute Gasteiger partial charge is 0.134 e. The highest BCUT2D eigenvalue weighted by Gasteiger charge is 2.50. The predicted molar refractivity (Wildman–Crippen MR) is 205 cm³/mol. The van der Waals surface area contributed by atoms with Crippen LogP contribution in [0.5, 0.6) is 23.0 Å². The summed E-state index contributed by atoms with van der Waals surface area (Å²) in [6, 6.07) is 47.2. The first-order chi connectivity index (χ1) is 25.1. The molecule has 3 aliphatic rings. The standard InChI is InChI=1S/C46H33N3O2/c1-29(21-23-47)30-9-8-10-31(25-30)32-17-19-38-44(26-32)50-42-15-6-3-12-36(42)46(38)37-13-4-7-16-43(37)51-45-27-33(18-20-39(45)46)49-40-14-5-2-11-34(40)35-22-24-48-28-41(35)49/h2-27,47-48H,28H2,1H3/b29-21+,47-23?. The zero-order valence-corrected chi connectivity index (χ0v) is 28.0. The Morgan fingerprint density at radius 2 is 1.35 bits per heavy atom. The van der Waals surface area contributed by atoms with Gasteiger partial charge in [0.1, 0.15) is 23.0 Å². The zero-order chi connectivity index (χ0) is 34.1.